The van der Waals surface area contributed by atoms with Crippen LogP contribution in [0.4, 0.5) is 0 Å². The van der Waals surface area contributed by atoms with E-state index in [0.29, 0.717) is 6.61 Å². The van der Waals surface area contributed by atoms with Gasteiger partial charge < -0.3 is 10.1 Å². The maximum atomic E-state index is 5.41. The van der Waals surface area contributed by atoms with E-state index in [2.05, 4.69) is 15.6 Å². The molecule has 0 spiro atoms. The number of morpholine rings is 1. The third-order valence-corrected chi connectivity index (χ3v) is 2.81. The molecule has 2 heterocycles. The average Bonchev–Trinajstić information content (AvgIpc) is 2.90. The lowest BCUT2D eigenvalue weighted by Gasteiger charge is -2.21. The van der Waals surface area contributed by atoms with Crippen LogP contribution in [-0.4, -0.2) is 34.8 Å². The van der Waals surface area contributed by atoms with Gasteiger partial charge in [-0.1, -0.05) is 23.4 Å². The van der Waals surface area contributed by atoms with Crippen LogP contribution in [0.15, 0.2) is 36.5 Å². The molecule has 0 aliphatic carbocycles. The maximum Gasteiger partial charge on any atom is 0.102 e. The Kier molecular flexibility index (Phi) is 2.85. The monoisotopic (exact) mass is 230 g/mol. The predicted octanol–water partition coefficient (Wildman–Crippen LogP) is 0.928. The second-order valence-corrected chi connectivity index (χ2v) is 4.01. The molecule has 1 fully saturated rings. The molecule has 5 heteroatoms. The average molecular weight is 230 g/mol. The van der Waals surface area contributed by atoms with Gasteiger partial charge in [-0.2, -0.15) is 0 Å². The van der Waals surface area contributed by atoms with Crippen molar-refractivity contribution in [1.29, 1.82) is 0 Å². The third-order valence-electron chi connectivity index (χ3n) is 2.81. The van der Waals surface area contributed by atoms with Crippen molar-refractivity contribution >= 4 is 0 Å². The Labute approximate surface area is 99.4 Å². The van der Waals surface area contributed by atoms with Crippen LogP contribution >= 0.6 is 0 Å². The minimum absolute atomic E-state index is 0.154. The predicted molar refractivity (Wildman–Crippen MR) is 62.9 cm³/mol. The lowest BCUT2D eigenvalue weighted by Crippen LogP contribution is -2.34. The topological polar surface area (TPSA) is 52.0 Å². The van der Waals surface area contributed by atoms with Gasteiger partial charge in [0.15, 0.2) is 0 Å². The van der Waals surface area contributed by atoms with Gasteiger partial charge in [-0.15, -0.1) is 5.10 Å². The number of benzene rings is 1. The summed E-state index contributed by atoms with van der Waals surface area (Å²) in [6, 6.07) is 10.1. The van der Waals surface area contributed by atoms with Gasteiger partial charge in [0.25, 0.3) is 0 Å². The molecule has 1 unspecified atom stereocenters. The first-order valence-corrected chi connectivity index (χ1v) is 5.72. The molecule has 0 saturated carbocycles. The van der Waals surface area contributed by atoms with Crippen molar-refractivity contribution in [2.75, 3.05) is 19.8 Å². The van der Waals surface area contributed by atoms with Crippen LogP contribution in [-0.2, 0) is 4.74 Å². The normalized spacial score (nSPS) is 20.4. The number of hydrogen-bond donors (Lipinski definition) is 1. The van der Waals surface area contributed by atoms with Crippen molar-refractivity contribution < 1.29 is 4.74 Å². The Morgan fingerprint density at radius 3 is 2.94 bits per heavy atom. The van der Waals surface area contributed by atoms with Gasteiger partial charge in [-0.3, -0.25) is 0 Å². The van der Waals surface area contributed by atoms with Crippen LogP contribution in [0.25, 0.3) is 5.69 Å². The molecule has 1 N–H and O–H groups in total. The van der Waals surface area contributed by atoms with Crippen molar-refractivity contribution in [3.8, 4) is 5.69 Å². The molecule has 1 saturated heterocycles. The van der Waals surface area contributed by atoms with Crippen LogP contribution < -0.4 is 5.32 Å². The molecule has 1 aromatic carbocycles. The number of hydrogen-bond acceptors (Lipinski definition) is 4. The first kappa shape index (κ1) is 10.4. The first-order chi connectivity index (χ1) is 8.43. The summed E-state index contributed by atoms with van der Waals surface area (Å²) in [6.45, 7) is 2.29. The highest BCUT2D eigenvalue weighted by Crippen LogP contribution is 2.14. The number of nitrogens with zero attached hydrogens (tertiary/aromatic N) is 3. The van der Waals surface area contributed by atoms with E-state index in [1.807, 2.05) is 36.5 Å². The van der Waals surface area contributed by atoms with E-state index in [9.17, 15) is 0 Å². The molecule has 1 atom stereocenters. The second kappa shape index (κ2) is 4.65. The molecular formula is C12H14N4O. The minimum Gasteiger partial charge on any atom is -0.378 e. The Bertz CT molecular complexity index is 476. The molecule has 0 radical (unpaired) electrons. The van der Waals surface area contributed by atoms with Crippen LogP contribution in [0.1, 0.15) is 11.7 Å². The molecule has 1 aliphatic heterocycles. The Hall–Kier alpha value is -1.72. The number of ether oxygens (including phenoxy) is 1. The summed E-state index contributed by atoms with van der Waals surface area (Å²) in [5.41, 5.74) is 1.94. The van der Waals surface area contributed by atoms with Crippen LogP contribution in [0.5, 0.6) is 0 Å². The van der Waals surface area contributed by atoms with E-state index < -0.39 is 0 Å². The van der Waals surface area contributed by atoms with Crippen molar-refractivity contribution in [2.45, 2.75) is 6.04 Å². The van der Waals surface area contributed by atoms with E-state index in [1.165, 1.54) is 0 Å². The van der Waals surface area contributed by atoms with Crippen LogP contribution in [0, 0.1) is 0 Å². The van der Waals surface area contributed by atoms with Crippen molar-refractivity contribution in [1.82, 2.24) is 20.3 Å². The highest BCUT2D eigenvalue weighted by Gasteiger charge is 2.18. The van der Waals surface area contributed by atoms with Gasteiger partial charge in [0.05, 0.1) is 31.1 Å². The zero-order valence-corrected chi connectivity index (χ0v) is 9.41. The molecule has 5 nitrogen and oxygen atoms in total. The summed E-state index contributed by atoms with van der Waals surface area (Å²) < 4.78 is 7.20. The quantitative estimate of drug-likeness (QED) is 0.833. The van der Waals surface area contributed by atoms with Crippen LogP contribution in [0.2, 0.25) is 0 Å². The summed E-state index contributed by atoms with van der Waals surface area (Å²) in [6.07, 6.45) is 1.95. The lowest BCUT2D eigenvalue weighted by molar-refractivity contribution is 0.0756. The lowest BCUT2D eigenvalue weighted by atomic mass is 10.2. The largest absolute Gasteiger partial charge is 0.378 e. The molecule has 3 rings (SSSR count). The standard InChI is InChI=1S/C12H14N4O/c1-2-4-10(5-3-1)16-8-11(14-15-16)12-9-17-7-6-13-12/h1-5,8,12-13H,6-7,9H2. The van der Waals surface area contributed by atoms with Gasteiger partial charge in [0.1, 0.15) is 5.69 Å². The van der Waals surface area contributed by atoms with E-state index >= 15 is 0 Å². The zero-order chi connectivity index (χ0) is 11.5. The molecule has 0 bridgehead atoms. The smallest absolute Gasteiger partial charge is 0.102 e. The summed E-state index contributed by atoms with van der Waals surface area (Å²) in [5.74, 6) is 0. The summed E-state index contributed by atoms with van der Waals surface area (Å²) >= 11 is 0. The second-order valence-electron chi connectivity index (χ2n) is 4.01. The Balaban J connectivity index is 1.83. The van der Waals surface area contributed by atoms with Gasteiger partial charge in [0.2, 0.25) is 0 Å². The summed E-state index contributed by atoms with van der Waals surface area (Å²) in [5, 5.41) is 11.7. The van der Waals surface area contributed by atoms with Crippen molar-refractivity contribution in [3.63, 3.8) is 0 Å². The van der Waals surface area contributed by atoms with Gasteiger partial charge in [-0.05, 0) is 12.1 Å². The number of para-hydroxylation sites is 1. The molecule has 2 aromatic rings. The number of aromatic nitrogens is 3. The van der Waals surface area contributed by atoms with E-state index in [4.69, 9.17) is 4.74 Å². The number of rotatable bonds is 2. The number of nitrogens with one attached hydrogen (secondary N) is 1. The Morgan fingerprint density at radius 1 is 1.29 bits per heavy atom. The van der Waals surface area contributed by atoms with Crippen molar-refractivity contribution in [2.24, 2.45) is 0 Å². The molecule has 1 aromatic heterocycles. The first-order valence-electron chi connectivity index (χ1n) is 5.72. The fourth-order valence-corrected chi connectivity index (χ4v) is 1.90. The summed E-state index contributed by atoms with van der Waals surface area (Å²) in [4.78, 5) is 0. The molecule has 17 heavy (non-hydrogen) atoms. The maximum absolute atomic E-state index is 5.41. The Morgan fingerprint density at radius 2 is 2.18 bits per heavy atom. The minimum atomic E-state index is 0.154. The van der Waals surface area contributed by atoms with E-state index in [-0.39, 0.29) is 6.04 Å². The van der Waals surface area contributed by atoms with Gasteiger partial charge in [0, 0.05) is 6.54 Å². The molecule has 1 aliphatic rings. The molecule has 88 valence electrons. The van der Waals surface area contributed by atoms with Crippen molar-refractivity contribution in [3.05, 3.63) is 42.2 Å². The van der Waals surface area contributed by atoms with E-state index in [0.717, 1.165) is 24.5 Å². The summed E-state index contributed by atoms with van der Waals surface area (Å²) in [7, 11) is 0. The SMILES string of the molecule is c1ccc(-n2cc(C3COCCN3)nn2)cc1. The van der Waals surface area contributed by atoms with E-state index in [1.54, 1.807) is 4.68 Å². The van der Waals surface area contributed by atoms with Crippen LogP contribution in [0.3, 0.4) is 0 Å². The fourth-order valence-electron chi connectivity index (χ4n) is 1.90. The molecule has 0 amide bonds. The molecular weight excluding hydrogens is 216 g/mol. The highest BCUT2D eigenvalue weighted by atomic mass is 16.5. The van der Waals surface area contributed by atoms with Gasteiger partial charge in [-0.25, -0.2) is 4.68 Å². The highest BCUT2D eigenvalue weighted by molar-refractivity contribution is 5.30. The van der Waals surface area contributed by atoms with Gasteiger partial charge >= 0.3 is 0 Å². The fraction of sp³-hybridized carbons (Fsp3) is 0.333. The zero-order valence-electron chi connectivity index (χ0n) is 9.41. The third kappa shape index (κ3) is 2.20.